The topological polar surface area (TPSA) is 65.9 Å². The summed E-state index contributed by atoms with van der Waals surface area (Å²) in [7, 11) is 0. The number of hydrogen-bond acceptors (Lipinski definition) is 4. The number of nitriles is 1. The molecule has 72 valence electrons. The molecule has 0 saturated heterocycles. The van der Waals surface area contributed by atoms with E-state index in [9.17, 15) is 4.79 Å². The number of H-pyrrole nitrogens is 1. The van der Waals surface area contributed by atoms with E-state index < -0.39 is 5.97 Å². The molecule has 1 N–H and O–H groups in total. The minimum atomic E-state index is -0.524. The Hall–Kier alpha value is -1.67. The van der Waals surface area contributed by atoms with E-state index in [4.69, 9.17) is 22.2 Å². The van der Waals surface area contributed by atoms with Crippen LogP contribution < -0.4 is 0 Å². The highest BCUT2D eigenvalue weighted by molar-refractivity contribution is 7.71. The fourth-order valence-corrected chi connectivity index (χ4v) is 1.19. The van der Waals surface area contributed by atoms with Gasteiger partial charge < -0.3 is 9.72 Å². The summed E-state index contributed by atoms with van der Waals surface area (Å²) in [6, 6.07) is 3.35. The number of hydrogen-bond donors (Lipinski definition) is 1. The Balaban J connectivity index is 3.22. The van der Waals surface area contributed by atoms with Gasteiger partial charge in [-0.1, -0.05) is 12.2 Å². The van der Waals surface area contributed by atoms with Gasteiger partial charge in [-0.25, -0.2) is 4.79 Å². The third-order valence-electron chi connectivity index (χ3n) is 1.57. The minimum absolute atomic E-state index is 0.154. The second-order valence-corrected chi connectivity index (χ2v) is 2.84. The second-order valence-electron chi connectivity index (χ2n) is 2.43. The van der Waals surface area contributed by atoms with E-state index in [1.165, 1.54) is 12.3 Å². The van der Waals surface area contributed by atoms with Gasteiger partial charge in [-0.15, -0.1) is 0 Å². The standard InChI is InChI=1S/C9H8N2O2S/c1-2-13-9(12)6-3-4-11-8(14)7(6)5-10/h3-4H,2H2,1H3,(H,11,14). The van der Waals surface area contributed by atoms with Crippen molar-refractivity contribution in [3.05, 3.63) is 28.0 Å². The molecule has 0 aliphatic rings. The van der Waals surface area contributed by atoms with E-state index in [1.807, 2.05) is 6.07 Å². The molecular formula is C9H8N2O2S. The molecule has 0 unspecified atom stereocenters. The Labute approximate surface area is 86.1 Å². The highest BCUT2D eigenvalue weighted by Crippen LogP contribution is 2.09. The van der Waals surface area contributed by atoms with Crippen molar-refractivity contribution in [2.75, 3.05) is 6.61 Å². The van der Waals surface area contributed by atoms with Crippen LogP contribution in [-0.4, -0.2) is 17.6 Å². The molecular weight excluding hydrogens is 200 g/mol. The van der Waals surface area contributed by atoms with E-state index in [2.05, 4.69) is 4.98 Å². The fourth-order valence-electron chi connectivity index (χ4n) is 0.968. The maximum Gasteiger partial charge on any atom is 0.339 e. The zero-order chi connectivity index (χ0) is 10.6. The van der Waals surface area contributed by atoms with Crippen molar-refractivity contribution in [3.63, 3.8) is 0 Å². The maximum absolute atomic E-state index is 11.3. The van der Waals surface area contributed by atoms with Crippen LogP contribution in [0.5, 0.6) is 0 Å². The van der Waals surface area contributed by atoms with Crippen LogP contribution in [0.25, 0.3) is 0 Å². The molecule has 0 fully saturated rings. The van der Waals surface area contributed by atoms with E-state index in [0.29, 0.717) is 0 Å². The molecule has 1 aromatic heterocycles. The lowest BCUT2D eigenvalue weighted by molar-refractivity contribution is 0.0526. The summed E-state index contributed by atoms with van der Waals surface area (Å²) in [5.74, 6) is -0.524. The highest BCUT2D eigenvalue weighted by atomic mass is 32.1. The summed E-state index contributed by atoms with van der Waals surface area (Å²) in [5.41, 5.74) is 0.360. The van der Waals surface area contributed by atoms with Gasteiger partial charge in [0.1, 0.15) is 16.3 Å². The number of aromatic amines is 1. The lowest BCUT2D eigenvalue weighted by atomic mass is 10.1. The molecule has 0 aliphatic carbocycles. The van der Waals surface area contributed by atoms with E-state index in [0.717, 1.165) is 0 Å². The Morgan fingerprint density at radius 1 is 1.79 bits per heavy atom. The molecule has 0 spiro atoms. The summed E-state index contributed by atoms with van der Waals surface area (Å²) in [6.07, 6.45) is 1.51. The van der Waals surface area contributed by atoms with Crippen molar-refractivity contribution < 1.29 is 9.53 Å². The van der Waals surface area contributed by atoms with E-state index in [-0.39, 0.29) is 22.4 Å². The molecule has 0 saturated carbocycles. The maximum atomic E-state index is 11.3. The van der Waals surface area contributed by atoms with Crippen LogP contribution in [0.3, 0.4) is 0 Å². The first kappa shape index (κ1) is 10.4. The zero-order valence-electron chi connectivity index (χ0n) is 7.53. The average molecular weight is 208 g/mol. The van der Waals surface area contributed by atoms with Gasteiger partial charge in [-0.3, -0.25) is 0 Å². The van der Waals surface area contributed by atoms with Crippen LogP contribution in [0.15, 0.2) is 12.3 Å². The van der Waals surface area contributed by atoms with E-state index in [1.54, 1.807) is 6.92 Å². The average Bonchev–Trinajstić information content (AvgIpc) is 2.17. The van der Waals surface area contributed by atoms with Crippen molar-refractivity contribution in [2.24, 2.45) is 0 Å². The van der Waals surface area contributed by atoms with Crippen LogP contribution >= 0.6 is 12.2 Å². The first-order valence-corrected chi connectivity index (χ1v) is 4.40. The first-order chi connectivity index (χ1) is 6.70. The van der Waals surface area contributed by atoms with Crippen LogP contribution in [0.2, 0.25) is 0 Å². The number of ether oxygens (including phenoxy) is 1. The molecule has 14 heavy (non-hydrogen) atoms. The molecule has 1 heterocycles. The van der Waals surface area contributed by atoms with Crippen molar-refractivity contribution in [3.8, 4) is 6.07 Å². The van der Waals surface area contributed by atoms with Gasteiger partial charge in [0.25, 0.3) is 0 Å². The number of esters is 1. The van der Waals surface area contributed by atoms with Gasteiger partial charge in [0.2, 0.25) is 0 Å². The first-order valence-electron chi connectivity index (χ1n) is 3.99. The van der Waals surface area contributed by atoms with Gasteiger partial charge >= 0.3 is 5.97 Å². The van der Waals surface area contributed by atoms with Crippen molar-refractivity contribution in [2.45, 2.75) is 6.92 Å². The van der Waals surface area contributed by atoms with Gasteiger partial charge in [0, 0.05) is 6.20 Å². The molecule has 1 rings (SSSR count). The number of aromatic nitrogens is 1. The number of nitrogens with zero attached hydrogens (tertiary/aromatic N) is 1. The lowest BCUT2D eigenvalue weighted by Gasteiger charge is -2.02. The number of nitrogens with one attached hydrogen (secondary N) is 1. The van der Waals surface area contributed by atoms with Gasteiger partial charge in [-0.2, -0.15) is 5.26 Å². The summed E-state index contributed by atoms with van der Waals surface area (Å²) in [6.45, 7) is 1.97. The molecule has 0 bridgehead atoms. The highest BCUT2D eigenvalue weighted by Gasteiger charge is 2.12. The molecule has 0 radical (unpaired) electrons. The Kier molecular flexibility index (Phi) is 3.37. The molecule has 5 heteroatoms. The molecule has 0 atom stereocenters. The Morgan fingerprint density at radius 3 is 3.07 bits per heavy atom. The number of carbonyl (C=O) groups excluding carboxylic acids is 1. The molecule has 1 aromatic rings. The molecule has 4 nitrogen and oxygen atoms in total. The van der Waals surface area contributed by atoms with Crippen LogP contribution in [-0.2, 0) is 4.74 Å². The van der Waals surface area contributed by atoms with Gasteiger partial charge in [-0.05, 0) is 13.0 Å². The van der Waals surface area contributed by atoms with Gasteiger partial charge in [0.05, 0.1) is 12.2 Å². The third kappa shape index (κ3) is 1.98. The minimum Gasteiger partial charge on any atom is -0.462 e. The van der Waals surface area contributed by atoms with Crippen LogP contribution in [0, 0.1) is 16.0 Å². The lowest BCUT2D eigenvalue weighted by Crippen LogP contribution is -2.07. The predicted molar refractivity (Wildman–Crippen MR) is 52.3 cm³/mol. The van der Waals surface area contributed by atoms with Gasteiger partial charge in [0.15, 0.2) is 0 Å². The molecule has 0 amide bonds. The van der Waals surface area contributed by atoms with Crippen molar-refractivity contribution in [1.82, 2.24) is 4.98 Å². The zero-order valence-corrected chi connectivity index (χ0v) is 8.35. The van der Waals surface area contributed by atoms with Crippen molar-refractivity contribution >= 4 is 18.2 Å². The van der Waals surface area contributed by atoms with Crippen molar-refractivity contribution in [1.29, 1.82) is 5.26 Å². The van der Waals surface area contributed by atoms with Crippen LogP contribution in [0.1, 0.15) is 22.8 Å². The SMILES string of the molecule is CCOC(=O)c1cc[nH]c(=S)c1C#N. The quantitative estimate of drug-likeness (QED) is 0.594. The normalized spacial score (nSPS) is 9.14. The Morgan fingerprint density at radius 2 is 2.50 bits per heavy atom. The summed E-state index contributed by atoms with van der Waals surface area (Å²) < 4.78 is 5.02. The summed E-state index contributed by atoms with van der Waals surface area (Å²) in [5, 5.41) is 8.77. The Bertz CT molecular complexity index is 445. The summed E-state index contributed by atoms with van der Waals surface area (Å²) >= 11 is 4.86. The predicted octanol–water partition coefficient (Wildman–Crippen LogP) is 1.79. The molecule has 0 aromatic carbocycles. The number of rotatable bonds is 2. The number of carbonyl (C=O) groups is 1. The monoisotopic (exact) mass is 208 g/mol. The molecule has 0 aliphatic heterocycles. The summed E-state index contributed by atoms with van der Waals surface area (Å²) in [4.78, 5) is 14.0. The largest absolute Gasteiger partial charge is 0.462 e. The second kappa shape index (κ2) is 4.53. The fraction of sp³-hybridized carbons (Fsp3) is 0.222. The van der Waals surface area contributed by atoms with Crippen LogP contribution in [0.4, 0.5) is 0 Å². The number of pyridine rings is 1. The smallest absolute Gasteiger partial charge is 0.339 e. The van der Waals surface area contributed by atoms with E-state index >= 15 is 0 Å². The third-order valence-corrected chi connectivity index (χ3v) is 1.89.